The molecule has 1 amide bonds. The molecular formula is C17H17ClN2O. The van der Waals surface area contributed by atoms with E-state index in [1.54, 1.807) is 6.20 Å². The van der Waals surface area contributed by atoms with Crippen LogP contribution in [-0.4, -0.2) is 22.3 Å². The number of hydrogen-bond donors (Lipinski definition) is 0. The molecule has 2 heterocycles. The van der Waals surface area contributed by atoms with E-state index in [9.17, 15) is 4.79 Å². The smallest absolute Gasteiger partial charge is 0.254 e. The monoisotopic (exact) mass is 300 g/mol. The Kier molecular flexibility index (Phi) is 3.93. The highest BCUT2D eigenvalue weighted by Crippen LogP contribution is 2.34. The van der Waals surface area contributed by atoms with Crippen LogP contribution in [0.1, 0.15) is 40.4 Å². The molecule has 1 aliphatic rings. The molecule has 0 unspecified atom stereocenters. The first-order valence-electron chi connectivity index (χ1n) is 7.15. The van der Waals surface area contributed by atoms with Crippen LogP contribution in [0.5, 0.6) is 0 Å². The molecular weight excluding hydrogens is 284 g/mol. The Morgan fingerprint density at radius 3 is 2.81 bits per heavy atom. The first kappa shape index (κ1) is 14.1. The molecule has 1 aliphatic heterocycles. The molecule has 108 valence electrons. The summed E-state index contributed by atoms with van der Waals surface area (Å²) in [5.74, 6) is 0.0902. The second kappa shape index (κ2) is 5.86. The quantitative estimate of drug-likeness (QED) is 0.785. The topological polar surface area (TPSA) is 33.2 Å². The highest BCUT2D eigenvalue weighted by atomic mass is 35.5. The minimum absolute atomic E-state index is 0.0902. The van der Waals surface area contributed by atoms with E-state index in [-0.39, 0.29) is 11.9 Å². The summed E-state index contributed by atoms with van der Waals surface area (Å²) in [6.45, 7) is 2.81. The van der Waals surface area contributed by atoms with Crippen LogP contribution in [0.2, 0.25) is 5.15 Å². The fourth-order valence-electron chi connectivity index (χ4n) is 2.96. The predicted octanol–water partition coefficient (Wildman–Crippen LogP) is 4.02. The van der Waals surface area contributed by atoms with Crippen molar-refractivity contribution in [2.75, 3.05) is 6.54 Å². The summed E-state index contributed by atoms with van der Waals surface area (Å²) in [5.41, 5.74) is 2.93. The van der Waals surface area contributed by atoms with Crippen LogP contribution in [0.4, 0.5) is 0 Å². The Morgan fingerprint density at radius 1 is 1.33 bits per heavy atom. The maximum atomic E-state index is 12.7. The largest absolute Gasteiger partial charge is 0.332 e. The minimum atomic E-state index is 0.0902. The average Bonchev–Trinajstić information content (AvgIpc) is 2.96. The molecule has 0 spiro atoms. The number of carbonyl (C=O) groups excluding carboxylic acids is 1. The van der Waals surface area contributed by atoms with Crippen LogP contribution < -0.4 is 0 Å². The van der Waals surface area contributed by atoms with Crippen LogP contribution in [0.25, 0.3) is 0 Å². The van der Waals surface area contributed by atoms with Crippen LogP contribution in [0.3, 0.4) is 0 Å². The van der Waals surface area contributed by atoms with Crippen molar-refractivity contribution in [3.63, 3.8) is 0 Å². The summed E-state index contributed by atoms with van der Waals surface area (Å²) in [7, 11) is 0. The lowest BCUT2D eigenvalue weighted by molar-refractivity contribution is 0.0735. The van der Waals surface area contributed by atoms with Crippen molar-refractivity contribution in [2.45, 2.75) is 25.8 Å². The Labute approximate surface area is 129 Å². The third-order valence-electron chi connectivity index (χ3n) is 4.01. The molecule has 1 atom stereocenters. The Hall–Kier alpha value is -1.87. The number of amides is 1. The molecule has 21 heavy (non-hydrogen) atoms. The van der Waals surface area contributed by atoms with Gasteiger partial charge in [-0.15, -0.1) is 0 Å². The summed E-state index contributed by atoms with van der Waals surface area (Å²) in [6, 6.07) is 11.4. The number of pyridine rings is 1. The molecule has 0 bridgehead atoms. The summed E-state index contributed by atoms with van der Waals surface area (Å²) >= 11 is 5.93. The Morgan fingerprint density at radius 2 is 2.10 bits per heavy atom. The van der Waals surface area contributed by atoms with E-state index in [1.807, 2.05) is 48.2 Å². The van der Waals surface area contributed by atoms with E-state index >= 15 is 0 Å². The Bertz CT molecular complexity index is 657. The van der Waals surface area contributed by atoms with Crippen LogP contribution >= 0.6 is 11.6 Å². The number of aryl methyl sites for hydroxylation is 1. The second-order valence-electron chi connectivity index (χ2n) is 5.39. The van der Waals surface area contributed by atoms with Gasteiger partial charge in [0.2, 0.25) is 0 Å². The van der Waals surface area contributed by atoms with Crippen LogP contribution in [0, 0.1) is 6.92 Å². The molecule has 0 saturated carbocycles. The Balaban J connectivity index is 1.91. The first-order chi connectivity index (χ1) is 10.2. The highest BCUT2D eigenvalue weighted by molar-refractivity contribution is 6.29. The normalized spacial score (nSPS) is 18.0. The van der Waals surface area contributed by atoms with Crippen molar-refractivity contribution >= 4 is 17.5 Å². The third kappa shape index (κ3) is 2.79. The molecule has 0 radical (unpaired) electrons. The summed E-state index contributed by atoms with van der Waals surface area (Å²) in [4.78, 5) is 18.8. The van der Waals surface area contributed by atoms with E-state index in [0.717, 1.165) is 36.1 Å². The van der Waals surface area contributed by atoms with Gasteiger partial charge < -0.3 is 4.90 Å². The van der Waals surface area contributed by atoms with Crippen molar-refractivity contribution in [3.8, 4) is 0 Å². The van der Waals surface area contributed by atoms with Gasteiger partial charge >= 0.3 is 0 Å². The standard InChI is InChI=1S/C17H17ClN2O/c1-12-10-16(18)19-11-14(12)15-8-5-9-20(15)17(21)13-6-3-2-4-7-13/h2-4,6-7,10-11,15H,5,8-9H2,1H3/t15-/m1/s1. The first-order valence-corrected chi connectivity index (χ1v) is 7.52. The van der Waals surface area contributed by atoms with E-state index in [0.29, 0.717) is 5.15 Å². The molecule has 2 aromatic rings. The molecule has 0 aliphatic carbocycles. The average molecular weight is 301 g/mol. The number of carbonyl (C=O) groups is 1. The van der Waals surface area contributed by atoms with Gasteiger partial charge in [-0.05, 0) is 49.1 Å². The summed E-state index contributed by atoms with van der Waals surface area (Å²) in [5, 5.41) is 0.496. The molecule has 3 nitrogen and oxygen atoms in total. The van der Waals surface area contributed by atoms with E-state index in [4.69, 9.17) is 11.6 Å². The summed E-state index contributed by atoms with van der Waals surface area (Å²) < 4.78 is 0. The van der Waals surface area contributed by atoms with Crippen molar-refractivity contribution in [1.82, 2.24) is 9.88 Å². The van der Waals surface area contributed by atoms with E-state index < -0.39 is 0 Å². The fourth-order valence-corrected chi connectivity index (χ4v) is 3.17. The van der Waals surface area contributed by atoms with Crippen LogP contribution in [0.15, 0.2) is 42.6 Å². The van der Waals surface area contributed by atoms with Gasteiger partial charge in [0, 0.05) is 18.3 Å². The number of halogens is 1. The van der Waals surface area contributed by atoms with Crippen molar-refractivity contribution < 1.29 is 4.79 Å². The highest BCUT2D eigenvalue weighted by Gasteiger charge is 2.31. The van der Waals surface area contributed by atoms with Gasteiger partial charge in [-0.2, -0.15) is 0 Å². The summed E-state index contributed by atoms with van der Waals surface area (Å²) in [6.07, 6.45) is 3.80. The predicted molar refractivity (Wildman–Crippen MR) is 83.4 cm³/mol. The second-order valence-corrected chi connectivity index (χ2v) is 5.77. The molecule has 0 N–H and O–H groups in total. The van der Waals surface area contributed by atoms with Gasteiger partial charge in [-0.1, -0.05) is 29.8 Å². The number of hydrogen-bond acceptors (Lipinski definition) is 2. The van der Waals surface area contributed by atoms with Gasteiger partial charge in [-0.25, -0.2) is 4.98 Å². The SMILES string of the molecule is Cc1cc(Cl)ncc1[C@H]1CCCN1C(=O)c1ccccc1. The zero-order chi connectivity index (χ0) is 14.8. The number of rotatable bonds is 2. The lowest BCUT2D eigenvalue weighted by atomic mass is 10.0. The van der Waals surface area contributed by atoms with Gasteiger partial charge in [0.15, 0.2) is 0 Å². The molecule has 4 heteroatoms. The molecule has 1 aromatic carbocycles. The number of likely N-dealkylation sites (tertiary alicyclic amines) is 1. The van der Waals surface area contributed by atoms with Crippen molar-refractivity contribution in [2.24, 2.45) is 0 Å². The number of nitrogens with zero attached hydrogens (tertiary/aromatic N) is 2. The molecule has 3 rings (SSSR count). The molecule has 1 saturated heterocycles. The van der Waals surface area contributed by atoms with Gasteiger partial charge in [0.25, 0.3) is 5.91 Å². The number of benzene rings is 1. The van der Waals surface area contributed by atoms with Crippen molar-refractivity contribution in [3.05, 3.63) is 64.4 Å². The maximum Gasteiger partial charge on any atom is 0.254 e. The van der Waals surface area contributed by atoms with Gasteiger partial charge in [-0.3, -0.25) is 4.79 Å². The molecule has 1 fully saturated rings. The molecule has 1 aromatic heterocycles. The van der Waals surface area contributed by atoms with E-state index in [1.165, 1.54) is 0 Å². The van der Waals surface area contributed by atoms with Gasteiger partial charge in [0.1, 0.15) is 5.15 Å². The maximum absolute atomic E-state index is 12.7. The minimum Gasteiger partial charge on any atom is -0.332 e. The van der Waals surface area contributed by atoms with E-state index in [2.05, 4.69) is 4.98 Å². The van der Waals surface area contributed by atoms with Crippen LogP contribution in [-0.2, 0) is 0 Å². The third-order valence-corrected chi connectivity index (χ3v) is 4.22. The zero-order valence-corrected chi connectivity index (χ0v) is 12.7. The fraction of sp³-hybridized carbons (Fsp3) is 0.294. The zero-order valence-electron chi connectivity index (χ0n) is 11.9. The lowest BCUT2D eigenvalue weighted by Crippen LogP contribution is -2.30. The lowest BCUT2D eigenvalue weighted by Gasteiger charge is -2.26. The van der Waals surface area contributed by atoms with Crippen molar-refractivity contribution in [1.29, 1.82) is 0 Å². The van der Waals surface area contributed by atoms with Gasteiger partial charge in [0.05, 0.1) is 6.04 Å². The number of aromatic nitrogens is 1.